The van der Waals surface area contributed by atoms with Crippen LogP contribution in [0.15, 0.2) is 28.9 Å². The monoisotopic (exact) mass is 391 g/mol. The highest BCUT2D eigenvalue weighted by Crippen LogP contribution is 2.32. The zero-order valence-electron chi connectivity index (χ0n) is 13.7. The van der Waals surface area contributed by atoms with Gasteiger partial charge in [0.05, 0.1) is 17.5 Å². The Morgan fingerprint density at radius 2 is 1.85 bits per heavy atom. The number of carboxylic acid groups (broad SMARTS) is 1. The van der Waals surface area contributed by atoms with Gasteiger partial charge in [-0.05, 0) is 19.1 Å². The van der Waals surface area contributed by atoms with Crippen LogP contribution >= 0.6 is 0 Å². The van der Waals surface area contributed by atoms with Crippen molar-refractivity contribution in [2.24, 2.45) is 0 Å². The van der Waals surface area contributed by atoms with Crippen molar-refractivity contribution in [3.63, 3.8) is 0 Å². The number of carbonyl (C=O) groups excluding carboxylic acids is 1. The molecular weight excluding hydrogens is 378 g/mol. The van der Waals surface area contributed by atoms with E-state index < -0.39 is 43.0 Å². The van der Waals surface area contributed by atoms with E-state index in [1.807, 2.05) is 0 Å². The fourth-order valence-corrected chi connectivity index (χ4v) is 2.23. The molecule has 0 aliphatic carbocycles. The molecule has 2 rings (SSSR count). The van der Waals surface area contributed by atoms with E-state index in [4.69, 9.17) is 9.52 Å². The Morgan fingerprint density at radius 1 is 1.19 bits per heavy atom. The zero-order valence-corrected chi connectivity index (χ0v) is 13.7. The lowest BCUT2D eigenvalue weighted by Crippen LogP contribution is -2.17. The number of ether oxygens (including phenoxy) is 2. The average molecular weight is 391 g/mol. The minimum absolute atomic E-state index is 0.0895. The first-order valence-corrected chi connectivity index (χ1v) is 7.31. The third kappa shape index (κ3) is 5.36. The summed E-state index contributed by atoms with van der Waals surface area (Å²) < 4.78 is 63.0. The normalized spacial score (nSPS) is 10.9. The smallest absolute Gasteiger partial charge is 0.387 e. The number of hydrogen-bond acceptors (Lipinski definition) is 5. The Kier molecular flexibility index (Phi) is 6.27. The van der Waals surface area contributed by atoms with Gasteiger partial charge in [-0.1, -0.05) is 0 Å². The number of nitrogens with one attached hydrogen (secondary N) is 1. The van der Waals surface area contributed by atoms with Gasteiger partial charge in [0.1, 0.15) is 17.9 Å². The second-order valence-corrected chi connectivity index (χ2v) is 5.16. The molecule has 11 heteroatoms. The summed E-state index contributed by atoms with van der Waals surface area (Å²) in [6.07, 6.45) is 0.599. The first kappa shape index (κ1) is 20.1. The van der Waals surface area contributed by atoms with Crippen LogP contribution in [-0.2, 0) is 11.2 Å². The summed E-state index contributed by atoms with van der Waals surface area (Å²) >= 11 is 0. The number of carboxylic acids is 1. The number of furan rings is 1. The van der Waals surface area contributed by atoms with Crippen LogP contribution in [0.1, 0.15) is 21.7 Å². The largest absolute Gasteiger partial charge is 0.481 e. The summed E-state index contributed by atoms with van der Waals surface area (Å²) in [5.41, 5.74) is -0.0326. The quantitative estimate of drug-likeness (QED) is 0.667. The van der Waals surface area contributed by atoms with Gasteiger partial charge in [0.2, 0.25) is 0 Å². The molecule has 0 saturated carbocycles. The summed E-state index contributed by atoms with van der Waals surface area (Å²) in [4.78, 5) is 23.3. The van der Waals surface area contributed by atoms with Gasteiger partial charge in [-0.25, -0.2) is 0 Å². The fourth-order valence-electron chi connectivity index (χ4n) is 2.23. The number of anilines is 1. The number of alkyl halides is 4. The summed E-state index contributed by atoms with van der Waals surface area (Å²) in [7, 11) is 0. The Labute approximate surface area is 149 Å². The maximum absolute atomic E-state index is 12.6. The van der Waals surface area contributed by atoms with E-state index in [1.165, 1.54) is 13.2 Å². The zero-order chi connectivity index (χ0) is 20.1. The van der Waals surface area contributed by atoms with Crippen molar-refractivity contribution < 1.29 is 46.1 Å². The minimum Gasteiger partial charge on any atom is -0.481 e. The lowest BCUT2D eigenvalue weighted by atomic mass is 10.1. The van der Waals surface area contributed by atoms with E-state index in [1.54, 1.807) is 0 Å². The highest BCUT2D eigenvalue weighted by atomic mass is 19.3. The first-order chi connectivity index (χ1) is 12.7. The molecule has 27 heavy (non-hydrogen) atoms. The maximum Gasteiger partial charge on any atom is 0.387 e. The highest BCUT2D eigenvalue weighted by Gasteiger charge is 2.22. The molecule has 7 nitrogen and oxygen atoms in total. The average Bonchev–Trinajstić information content (AvgIpc) is 2.88. The molecule has 0 spiro atoms. The molecule has 0 aliphatic heterocycles. The summed E-state index contributed by atoms with van der Waals surface area (Å²) in [5.74, 6) is -3.29. The van der Waals surface area contributed by atoms with Crippen LogP contribution in [0.25, 0.3) is 0 Å². The van der Waals surface area contributed by atoms with Crippen LogP contribution in [0.3, 0.4) is 0 Å². The van der Waals surface area contributed by atoms with Crippen molar-refractivity contribution in [3.8, 4) is 11.5 Å². The van der Waals surface area contributed by atoms with Crippen LogP contribution in [0.2, 0.25) is 0 Å². The molecule has 1 aromatic heterocycles. The second-order valence-electron chi connectivity index (χ2n) is 5.16. The number of aliphatic carboxylic acids is 1. The Hall–Kier alpha value is -3.24. The number of halogens is 4. The van der Waals surface area contributed by atoms with Gasteiger partial charge in [0, 0.05) is 11.6 Å². The Balaban J connectivity index is 2.31. The molecular formula is C16H13F4NO6. The Bertz CT molecular complexity index is 836. The van der Waals surface area contributed by atoms with Gasteiger partial charge in [-0.15, -0.1) is 0 Å². The molecule has 0 unspecified atom stereocenters. The third-order valence-electron chi connectivity index (χ3n) is 3.23. The van der Waals surface area contributed by atoms with Crippen LogP contribution in [0, 0.1) is 6.92 Å². The van der Waals surface area contributed by atoms with Crippen molar-refractivity contribution in [2.45, 2.75) is 26.6 Å². The second kappa shape index (κ2) is 8.43. The van der Waals surface area contributed by atoms with E-state index in [0.29, 0.717) is 5.56 Å². The number of carbonyl (C=O) groups is 2. The van der Waals surface area contributed by atoms with Crippen molar-refractivity contribution in [3.05, 3.63) is 41.3 Å². The molecule has 0 atom stereocenters. The van der Waals surface area contributed by atoms with Crippen LogP contribution < -0.4 is 14.8 Å². The lowest BCUT2D eigenvalue weighted by molar-refractivity contribution is -0.136. The highest BCUT2D eigenvalue weighted by molar-refractivity contribution is 6.07. The SMILES string of the molecule is Cc1coc(CC(=O)O)c1C(=O)Nc1ccc(OC(F)F)cc1OC(F)F. The standard InChI is InChI=1S/C16H13F4NO6/c1-7-6-25-11(5-12(22)23)13(7)14(24)21-9-3-2-8(26-15(17)18)4-10(9)27-16(19)20/h2-4,6,15-16H,5H2,1H3,(H,21,24)(H,22,23). The van der Waals surface area contributed by atoms with Crippen LogP contribution in [0.4, 0.5) is 23.2 Å². The van der Waals surface area contributed by atoms with Gasteiger partial charge in [-0.2, -0.15) is 17.6 Å². The minimum atomic E-state index is -3.29. The van der Waals surface area contributed by atoms with Crippen molar-refractivity contribution in [1.29, 1.82) is 0 Å². The number of amides is 1. The molecule has 0 fully saturated rings. The topological polar surface area (TPSA) is 98.0 Å². The molecule has 0 aliphatic rings. The number of aryl methyl sites for hydroxylation is 1. The van der Waals surface area contributed by atoms with Gasteiger partial charge in [0.15, 0.2) is 5.75 Å². The van der Waals surface area contributed by atoms with Crippen LogP contribution in [0.5, 0.6) is 11.5 Å². The van der Waals surface area contributed by atoms with Gasteiger partial charge in [-0.3, -0.25) is 9.59 Å². The molecule has 1 amide bonds. The predicted octanol–water partition coefficient (Wildman–Crippen LogP) is 3.67. The van der Waals surface area contributed by atoms with E-state index in [0.717, 1.165) is 18.2 Å². The number of benzene rings is 1. The van der Waals surface area contributed by atoms with Gasteiger partial charge >= 0.3 is 19.2 Å². The van der Waals surface area contributed by atoms with Crippen molar-refractivity contribution >= 4 is 17.6 Å². The first-order valence-electron chi connectivity index (χ1n) is 7.31. The molecule has 0 saturated heterocycles. The van der Waals surface area contributed by atoms with Gasteiger partial charge in [0.25, 0.3) is 5.91 Å². The molecule has 2 N–H and O–H groups in total. The molecule has 146 valence electrons. The van der Waals surface area contributed by atoms with Crippen LogP contribution in [-0.4, -0.2) is 30.2 Å². The molecule has 1 aromatic carbocycles. The Morgan fingerprint density at radius 3 is 2.44 bits per heavy atom. The van der Waals surface area contributed by atoms with Crippen molar-refractivity contribution in [1.82, 2.24) is 0 Å². The summed E-state index contributed by atoms with van der Waals surface area (Å²) in [5, 5.41) is 11.1. The van der Waals surface area contributed by atoms with Crippen molar-refractivity contribution in [2.75, 3.05) is 5.32 Å². The molecule has 0 radical (unpaired) electrons. The van der Waals surface area contributed by atoms with E-state index >= 15 is 0 Å². The summed E-state index contributed by atoms with van der Waals surface area (Å²) in [6.45, 7) is -4.99. The predicted molar refractivity (Wildman–Crippen MR) is 82.4 cm³/mol. The number of hydrogen-bond donors (Lipinski definition) is 2. The van der Waals surface area contributed by atoms with E-state index in [-0.39, 0.29) is 17.0 Å². The fraction of sp³-hybridized carbons (Fsp3) is 0.250. The third-order valence-corrected chi connectivity index (χ3v) is 3.23. The van der Waals surface area contributed by atoms with E-state index in [9.17, 15) is 27.2 Å². The van der Waals surface area contributed by atoms with Gasteiger partial charge < -0.3 is 24.3 Å². The number of rotatable bonds is 8. The van der Waals surface area contributed by atoms with E-state index in [2.05, 4.69) is 14.8 Å². The summed E-state index contributed by atoms with van der Waals surface area (Å²) in [6, 6.07) is 2.80. The maximum atomic E-state index is 12.6. The lowest BCUT2D eigenvalue weighted by Gasteiger charge is -2.14. The molecule has 1 heterocycles. The molecule has 0 bridgehead atoms. The molecule has 2 aromatic rings.